The summed E-state index contributed by atoms with van der Waals surface area (Å²) in [6.07, 6.45) is 2.31. The summed E-state index contributed by atoms with van der Waals surface area (Å²) in [6, 6.07) is 7.03. The van der Waals surface area contributed by atoms with Crippen molar-refractivity contribution < 1.29 is 19.8 Å². The average Bonchev–Trinajstić information content (AvgIpc) is 2.26. The number of hydrogen-bond acceptors (Lipinski definition) is 2. The van der Waals surface area contributed by atoms with Crippen LogP contribution in [-0.2, 0) is 9.59 Å². The molecule has 0 spiro atoms. The number of carboxylic acid groups (broad SMARTS) is 2. The number of hydrogen-bond donors (Lipinski definition) is 2. The molecule has 94 valence electrons. The van der Waals surface area contributed by atoms with E-state index >= 15 is 0 Å². The monoisotopic (exact) mass is 310 g/mol. The van der Waals surface area contributed by atoms with Crippen LogP contribution in [0.1, 0.15) is 12.5 Å². The van der Waals surface area contributed by atoms with Gasteiger partial charge in [0, 0.05) is 10.5 Å². The molecule has 0 aliphatic heterocycles. The zero-order valence-electron chi connectivity index (χ0n) is 9.55. The third-order valence-corrected chi connectivity index (χ3v) is 2.70. The molecular formula is C13H11BrO4. The molecule has 1 rings (SSSR count). The molecule has 0 aliphatic carbocycles. The van der Waals surface area contributed by atoms with Gasteiger partial charge in [0.05, 0.1) is 5.57 Å². The van der Waals surface area contributed by atoms with Gasteiger partial charge in [0.15, 0.2) is 0 Å². The van der Waals surface area contributed by atoms with E-state index < -0.39 is 11.9 Å². The van der Waals surface area contributed by atoms with Gasteiger partial charge < -0.3 is 10.2 Å². The highest BCUT2D eigenvalue weighted by Crippen LogP contribution is 2.17. The lowest BCUT2D eigenvalue weighted by Gasteiger charge is -2.02. The van der Waals surface area contributed by atoms with E-state index in [0.717, 1.165) is 10.5 Å². The Labute approximate surface area is 112 Å². The Hall–Kier alpha value is -1.88. The molecule has 0 heterocycles. The highest BCUT2D eigenvalue weighted by atomic mass is 79.9. The van der Waals surface area contributed by atoms with E-state index in [9.17, 15) is 9.59 Å². The molecule has 0 fully saturated rings. The maximum atomic E-state index is 11.1. The molecule has 0 radical (unpaired) electrons. The highest BCUT2D eigenvalue weighted by Gasteiger charge is 2.10. The van der Waals surface area contributed by atoms with Gasteiger partial charge in [-0.25, -0.2) is 9.59 Å². The summed E-state index contributed by atoms with van der Waals surface area (Å²) >= 11 is 3.28. The first-order chi connectivity index (χ1) is 8.40. The molecule has 1 aromatic rings. The van der Waals surface area contributed by atoms with Crippen LogP contribution >= 0.6 is 15.9 Å². The fraction of sp³-hybridized carbons (Fsp3) is 0.0769. The quantitative estimate of drug-likeness (QED) is 0.662. The van der Waals surface area contributed by atoms with Gasteiger partial charge in [-0.2, -0.15) is 0 Å². The van der Waals surface area contributed by atoms with Crippen molar-refractivity contribution in [2.24, 2.45) is 0 Å². The van der Waals surface area contributed by atoms with Crippen LogP contribution in [0.15, 0.2) is 46.0 Å². The fourth-order valence-electron chi connectivity index (χ4n) is 1.33. The van der Waals surface area contributed by atoms with Gasteiger partial charge in [0.2, 0.25) is 0 Å². The van der Waals surface area contributed by atoms with Gasteiger partial charge in [0.1, 0.15) is 0 Å². The van der Waals surface area contributed by atoms with Crippen LogP contribution in [0.2, 0.25) is 0 Å². The number of carbonyl (C=O) groups is 2. The minimum absolute atomic E-state index is 0.0419. The highest BCUT2D eigenvalue weighted by molar-refractivity contribution is 9.10. The van der Waals surface area contributed by atoms with E-state index in [4.69, 9.17) is 10.2 Å². The lowest BCUT2D eigenvalue weighted by Crippen LogP contribution is -2.03. The predicted molar refractivity (Wildman–Crippen MR) is 71.1 cm³/mol. The van der Waals surface area contributed by atoms with Crippen LogP contribution in [0.25, 0.3) is 6.08 Å². The minimum atomic E-state index is -1.17. The summed E-state index contributed by atoms with van der Waals surface area (Å²) in [5, 5.41) is 17.7. The second-order valence-electron chi connectivity index (χ2n) is 3.58. The largest absolute Gasteiger partial charge is 0.478 e. The SMILES string of the molecule is CC(=CC(=O)O)C(=Cc1ccc(Br)cc1)C(=O)O. The smallest absolute Gasteiger partial charge is 0.335 e. The van der Waals surface area contributed by atoms with Gasteiger partial charge >= 0.3 is 11.9 Å². The van der Waals surface area contributed by atoms with Crippen LogP contribution in [0.5, 0.6) is 0 Å². The van der Waals surface area contributed by atoms with Gasteiger partial charge in [0.25, 0.3) is 0 Å². The summed E-state index contributed by atoms with van der Waals surface area (Å²) < 4.78 is 0.884. The second-order valence-corrected chi connectivity index (χ2v) is 4.50. The van der Waals surface area contributed by atoms with Crippen molar-refractivity contribution in [1.82, 2.24) is 0 Å². The van der Waals surface area contributed by atoms with E-state index in [1.165, 1.54) is 13.0 Å². The van der Waals surface area contributed by atoms with Gasteiger partial charge in [-0.1, -0.05) is 28.1 Å². The van der Waals surface area contributed by atoms with Crippen molar-refractivity contribution in [3.05, 3.63) is 51.5 Å². The maximum Gasteiger partial charge on any atom is 0.335 e. The molecule has 0 bridgehead atoms. The molecule has 0 aromatic heterocycles. The summed E-state index contributed by atoms with van der Waals surface area (Å²) in [4.78, 5) is 21.6. The first-order valence-corrected chi connectivity index (χ1v) is 5.81. The second kappa shape index (κ2) is 6.16. The van der Waals surface area contributed by atoms with Gasteiger partial charge in [-0.05, 0) is 36.3 Å². The van der Waals surface area contributed by atoms with Crippen molar-refractivity contribution in [1.29, 1.82) is 0 Å². The summed E-state index contributed by atoms with van der Waals surface area (Å²) in [5.74, 6) is -2.33. The molecule has 0 unspecified atom stereocenters. The lowest BCUT2D eigenvalue weighted by atomic mass is 10.0. The maximum absolute atomic E-state index is 11.1. The van der Waals surface area contributed by atoms with Crippen LogP contribution in [-0.4, -0.2) is 22.2 Å². The number of rotatable bonds is 4. The van der Waals surface area contributed by atoms with E-state index in [0.29, 0.717) is 5.56 Å². The third kappa shape index (κ3) is 4.18. The van der Waals surface area contributed by atoms with Crippen molar-refractivity contribution in [3.63, 3.8) is 0 Å². The Morgan fingerprint density at radius 1 is 1.17 bits per heavy atom. The fourth-order valence-corrected chi connectivity index (χ4v) is 1.60. The standard InChI is InChI=1S/C13H11BrO4/c1-8(6-12(15)16)11(13(17)18)7-9-2-4-10(14)5-3-9/h2-7H,1H3,(H,15,16)(H,17,18). The summed E-state index contributed by atoms with van der Waals surface area (Å²) in [5.41, 5.74) is 0.839. The van der Waals surface area contributed by atoms with Crippen LogP contribution < -0.4 is 0 Å². The molecule has 0 saturated carbocycles. The average molecular weight is 311 g/mol. The molecular weight excluding hydrogens is 300 g/mol. The first-order valence-electron chi connectivity index (χ1n) is 5.02. The topological polar surface area (TPSA) is 74.6 Å². The molecule has 0 saturated heterocycles. The molecule has 5 heteroatoms. The van der Waals surface area contributed by atoms with Gasteiger partial charge in [-0.15, -0.1) is 0 Å². The van der Waals surface area contributed by atoms with Crippen molar-refractivity contribution in [2.45, 2.75) is 6.92 Å². The minimum Gasteiger partial charge on any atom is -0.478 e. The van der Waals surface area contributed by atoms with Gasteiger partial charge in [-0.3, -0.25) is 0 Å². The van der Waals surface area contributed by atoms with E-state index in [1.807, 2.05) is 0 Å². The van der Waals surface area contributed by atoms with Crippen LogP contribution in [0.4, 0.5) is 0 Å². The molecule has 1 aromatic carbocycles. The third-order valence-electron chi connectivity index (χ3n) is 2.18. The van der Waals surface area contributed by atoms with E-state index in [2.05, 4.69) is 15.9 Å². The zero-order valence-corrected chi connectivity index (χ0v) is 11.1. The number of carboxylic acids is 2. The molecule has 0 amide bonds. The van der Waals surface area contributed by atoms with Crippen molar-refractivity contribution >= 4 is 33.9 Å². The molecule has 4 nitrogen and oxygen atoms in total. The Bertz CT molecular complexity index is 526. The van der Waals surface area contributed by atoms with E-state index in [-0.39, 0.29) is 11.1 Å². The molecule has 0 aliphatic rings. The lowest BCUT2D eigenvalue weighted by molar-refractivity contribution is -0.132. The van der Waals surface area contributed by atoms with Crippen LogP contribution in [0, 0.1) is 0 Å². The normalized spacial score (nSPS) is 12.3. The summed E-state index contributed by atoms with van der Waals surface area (Å²) in [6.45, 7) is 1.45. The Kier molecular flexibility index (Phi) is 4.85. The Morgan fingerprint density at radius 3 is 2.17 bits per heavy atom. The first kappa shape index (κ1) is 14.2. The molecule has 18 heavy (non-hydrogen) atoms. The Morgan fingerprint density at radius 2 is 1.72 bits per heavy atom. The Balaban J connectivity index is 3.17. The number of halogens is 1. The predicted octanol–water partition coefficient (Wildman–Crippen LogP) is 2.95. The van der Waals surface area contributed by atoms with E-state index in [1.54, 1.807) is 24.3 Å². The zero-order chi connectivity index (χ0) is 13.7. The molecule has 0 atom stereocenters. The van der Waals surface area contributed by atoms with Crippen molar-refractivity contribution in [2.75, 3.05) is 0 Å². The van der Waals surface area contributed by atoms with Crippen molar-refractivity contribution in [3.8, 4) is 0 Å². The number of benzene rings is 1. The number of aliphatic carboxylic acids is 2. The summed E-state index contributed by atoms with van der Waals surface area (Å²) in [7, 11) is 0. The van der Waals surface area contributed by atoms with Crippen LogP contribution in [0.3, 0.4) is 0 Å². The molecule has 2 N–H and O–H groups in total.